The van der Waals surface area contributed by atoms with E-state index in [9.17, 15) is 9.59 Å². The van der Waals surface area contributed by atoms with E-state index in [1.54, 1.807) is 4.68 Å². The Kier molecular flexibility index (Phi) is 4.32. The maximum Gasteiger partial charge on any atom is 0.251 e. The molecule has 0 fully saturated rings. The van der Waals surface area contributed by atoms with E-state index in [4.69, 9.17) is 0 Å². The Morgan fingerprint density at radius 2 is 1.77 bits per heavy atom. The van der Waals surface area contributed by atoms with Crippen molar-refractivity contribution in [3.8, 4) is 11.1 Å². The topological polar surface area (TPSA) is 76.0 Å². The Hall–Kier alpha value is -3.93. The highest BCUT2D eigenvalue weighted by atomic mass is 16.2. The third-order valence-corrected chi connectivity index (χ3v) is 5.43. The van der Waals surface area contributed by atoms with Crippen LogP contribution in [0.15, 0.2) is 72.8 Å². The lowest BCUT2D eigenvalue weighted by Gasteiger charge is -2.12. The van der Waals surface area contributed by atoms with E-state index < -0.39 is 6.04 Å². The van der Waals surface area contributed by atoms with Crippen molar-refractivity contribution in [2.24, 2.45) is 0 Å². The third-order valence-electron chi connectivity index (χ3n) is 5.43. The minimum Gasteiger partial charge on any atom is -0.325 e. The van der Waals surface area contributed by atoms with Crippen molar-refractivity contribution in [2.45, 2.75) is 19.4 Å². The van der Waals surface area contributed by atoms with E-state index in [0.717, 1.165) is 33.3 Å². The molecule has 0 spiro atoms. The second kappa shape index (κ2) is 7.15. The standard InChI is InChI=1S/C24H20N4O2/c1-15-22(17-9-3-2-4-10-17)23-26-24(30)20(28(23)27-15)14-21(29)25-19-13-7-11-16-8-5-6-12-18(16)19/h2-13,20H,14H2,1H3,(H,25,29)(H,26,30). The maximum absolute atomic E-state index is 12.8. The van der Waals surface area contributed by atoms with Crippen LogP contribution in [0.2, 0.25) is 0 Å². The van der Waals surface area contributed by atoms with E-state index >= 15 is 0 Å². The predicted octanol–water partition coefficient (Wildman–Crippen LogP) is 4.53. The van der Waals surface area contributed by atoms with Gasteiger partial charge >= 0.3 is 0 Å². The van der Waals surface area contributed by atoms with Crippen molar-refractivity contribution >= 4 is 34.1 Å². The van der Waals surface area contributed by atoms with Crippen molar-refractivity contribution in [2.75, 3.05) is 10.6 Å². The van der Waals surface area contributed by atoms with Crippen molar-refractivity contribution < 1.29 is 9.59 Å². The fraction of sp³-hybridized carbons (Fsp3) is 0.125. The van der Waals surface area contributed by atoms with Crippen LogP contribution in [0.5, 0.6) is 0 Å². The molecule has 30 heavy (non-hydrogen) atoms. The van der Waals surface area contributed by atoms with Crippen LogP contribution in [0, 0.1) is 6.92 Å². The molecule has 6 heteroatoms. The Labute approximate surface area is 173 Å². The first-order valence-corrected chi connectivity index (χ1v) is 9.85. The lowest BCUT2D eigenvalue weighted by atomic mass is 10.1. The number of anilines is 2. The molecule has 1 atom stereocenters. The van der Waals surface area contributed by atoms with Gasteiger partial charge in [0.2, 0.25) is 5.91 Å². The summed E-state index contributed by atoms with van der Waals surface area (Å²) in [6, 6.07) is 22.8. The molecule has 0 radical (unpaired) electrons. The van der Waals surface area contributed by atoms with Gasteiger partial charge in [-0.3, -0.25) is 9.59 Å². The molecule has 1 unspecified atom stereocenters. The molecule has 148 valence electrons. The average molecular weight is 396 g/mol. The van der Waals surface area contributed by atoms with Crippen LogP contribution in [0.1, 0.15) is 18.2 Å². The Bertz CT molecular complexity index is 1270. The van der Waals surface area contributed by atoms with Crippen LogP contribution in [0.4, 0.5) is 11.5 Å². The number of rotatable bonds is 4. The second-order valence-corrected chi connectivity index (χ2v) is 7.40. The van der Waals surface area contributed by atoms with E-state index in [1.165, 1.54) is 0 Å². The number of nitrogens with one attached hydrogen (secondary N) is 2. The average Bonchev–Trinajstić information content (AvgIpc) is 3.22. The van der Waals surface area contributed by atoms with Crippen molar-refractivity contribution in [3.05, 3.63) is 78.5 Å². The number of hydrogen-bond donors (Lipinski definition) is 2. The maximum atomic E-state index is 12.8. The quantitative estimate of drug-likeness (QED) is 0.532. The summed E-state index contributed by atoms with van der Waals surface area (Å²) in [4.78, 5) is 25.4. The van der Waals surface area contributed by atoms with Gasteiger partial charge in [-0.15, -0.1) is 0 Å². The van der Waals surface area contributed by atoms with Crippen LogP contribution < -0.4 is 10.6 Å². The lowest BCUT2D eigenvalue weighted by Crippen LogP contribution is -2.23. The summed E-state index contributed by atoms with van der Waals surface area (Å²) in [6.45, 7) is 1.91. The fourth-order valence-corrected chi connectivity index (χ4v) is 4.04. The Morgan fingerprint density at radius 3 is 2.60 bits per heavy atom. The first-order valence-electron chi connectivity index (χ1n) is 9.85. The molecule has 4 aromatic rings. The molecule has 0 bridgehead atoms. The molecule has 1 aromatic heterocycles. The fourth-order valence-electron chi connectivity index (χ4n) is 4.04. The number of carbonyl (C=O) groups excluding carboxylic acids is 2. The molecule has 6 nitrogen and oxygen atoms in total. The van der Waals surface area contributed by atoms with Crippen molar-refractivity contribution in [1.29, 1.82) is 0 Å². The summed E-state index contributed by atoms with van der Waals surface area (Å²) in [5, 5.41) is 12.4. The third kappa shape index (κ3) is 3.03. The van der Waals surface area contributed by atoms with E-state index in [-0.39, 0.29) is 18.2 Å². The molecule has 3 aromatic carbocycles. The van der Waals surface area contributed by atoms with Gasteiger partial charge < -0.3 is 10.6 Å². The molecular formula is C24H20N4O2. The zero-order chi connectivity index (χ0) is 20.7. The number of carbonyl (C=O) groups is 2. The number of nitrogens with zero attached hydrogens (tertiary/aromatic N) is 2. The van der Waals surface area contributed by atoms with Gasteiger partial charge in [0.05, 0.1) is 12.1 Å². The normalized spacial score (nSPS) is 15.1. The monoisotopic (exact) mass is 396 g/mol. The highest BCUT2D eigenvalue weighted by Gasteiger charge is 2.36. The summed E-state index contributed by atoms with van der Waals surface area (Å²) >= 11 is 0. The first-order chi connectivity index (χ1) is 14.6. The van der Waals surface area contributed by atoms with Gasteiger partial charge in [0.15, 0.2) is 0 Å². The number of aromatic nitrogens is 2. The van der Waals surface area contributed by atoms with Gasteiger partial charge in [0.1, 0.15) is 11.9 Å². The van der Waals surface area contributed by atoms with Gasteiger partial charge in [0, 0.05) is 16.6 Å². The SMILES string of the molecule is Cc1nn2c(c1-c1ccccc1)NC(=O)C2CC(=O)Nc1cccc2ccccc12. The number of benzene rings is 3. The summed E-state index contributed by atoms with van der Waals surface area (Å²) in [5.74, 6) is 0.197. The van der Waals surface area contributed by atoms with E-state index in [2.05, 4.69) is 15.7 Å². The van der Waals surface area contributed by atoms with E-state index in [1.807, 2.05) is 79.7 Å². The van der Waals surface area contributed by atoms with Gasteiger partial charge in [0.25, 0.3) is 5.91 Å². The first kappa shape index (κ1) is 18.1. The Morgan fingerprint density at radius 1 is 1.03 bits per heavy atom. The Balaban J connectivity index is 1.41. The van der Waals surface area contributed by atoms with Crippen LogP contribution >= 0.6 is 0 Å². The van der Waals surface area contributed by atoms with Gasteiger partial charge in [-0.05, 0) is 23.9 Å². The van der Waals surface area contributed by atoms with Crippen LogP contribution in [0.3, 0.4) is 0 Å². The van der Waals surface area contributed by atoms with Gasteiger partial charge in [-0.1, -0.05) is 66.7 Å². The molecule has 0 aliphatic carbocycles. The summed E-state index contributed by atoms with van der Waals surface area (Å²) in [7, 11) is 0. The molecule has 5 rings (SSSR count). The van der Waals surface area contributed by atoms with Crippen LogP contribution in [-0.2, 0) is 9.59 Å². The molecule has 2 N–H and O–H groups in total. The van der Waals surface area contributed by atoms with Crippen LogP contribution in [0.25, 0.3) is 21.9 Å². The van der Waals surface area contributed by atoms with Crippen LogP contribution in [-0.4, -0.2) is 21.6 Å². The number of aryl methyl sites for hydroxylation is 1. The molecule has 2 amide bonds. The summed E-state index contributed by atoms with van der Waals surface area (Å²) in [6.07, 6.45) is 0.0113. The predicted molar refractivity (Wildman–Crippen MR) is 117 cm³/mol. The molecule has 0 saturated carbocycles. The van der Waals surface area contributed by atoms with E-state index in [0.29, 0.717) is 5.82 Å². The molecule has 2 heterocycles. The highest BCUT2D eigenvalue weighted by molar-refractivity contribution is 6.06. The minimum atomic E-state index is -0.675. The largest absolute Gasteiger partial charge is 0.325 e. The zero-order valence-electron chi connectivity index (χ0n) is 16.4. The highest BCUT2D eigenvalue weighted by Crippen LogP contribution is 2.38. The summed E-state index contributed by atoms with van der Waals surface area (Å²) in [5.41, 5.74) is 3.42. The molecule has 0 saturated heterocycles. The number of amides is 2. The number of fused-ring (bicyclic) bond motifs is 2. The van der Waals surface area contributed by atoms with Crippen molar-refractivity contribution in [1.82, 2.24) is 9.78 Å². The van der Waals surface area contributed by atoms with Gasteiger partial charge in [-0.2, -0.15) is 5.10 Å². The molecule has 1 aliphatic heterocycles. The zero-order valence-corrected chi connectivity index (χ0v) is 16.4. The lowest BCUT2D eigenvalue weighted by molar-refractivity contribution is -0.123. The van der Waals surface area contributed by atoms with Crippen molar-refractivity contribution in [3.63, 3.8) is 0 Å². The molecule has 1 aliphatic rings. The molecular weight excluding hydrogens is 376 g/mol. The smallest absolute Gasteiger partial charge is 0.251 e. The van der Waals surface area contributed by atoms with Gasteiger partial charge in [-0.25, -0.2) is 4.68 Å². The minimum absolute atomic E-state index is 0.0113. The number of hydrogen-bond acceptors (Lipinski definition) is 3. The summed E-state index contributed by atoms with van der Waals surface area (Å²) < 4.78 is 1.64. The second-order valence-electron chi connectivity index (χ2n) is 7.40.